The first-order valence-electron chi connectivity index (χ1n) is 14.7. The molecule has 0 saturated heterocycles. The van der Waals surface area contributed by atoms with Crippen molar-refractivity contribution in [3.05, 3.63) is 65.2 Å². The molecule has 3 atom stereocenters. The van der Waals surface area contributed by atoms with Gasteiger partial charge in [0.2, 0.25) is 11.8 Å². The molecule has 44 heavy (non-hydrogen) atoms. The number of hydrogen-bond donors (Lipinski definition) is 3. The van der Waals surface area contributed by atoms with Crippen molar-refractivity contribution in [2.45, 2.75) is 84.5 Å². The Labute approximate surface area is 260 Å². The van der Waals surface area contributed by atoms with E-state index >= 15 is 0 Å². The lowest BCUT2D eigenvalue weighted by Crippen LogP contribution is -2.56. The van der Waals surface area contributed by atoms with E-state index in [0.717, 1.165) is 6.42 Å². The van der Waals surface area contributed by atoms with Crippen molar-refractivity contribution in [2.24, 2.45) is 5.92 Å². The molecule has 3 N–H and O–H groups in total. The summed E-state index contributed by atoms with van der Waals surface area (Å²) in [7, 11) is 1.21. The van der Waals surface area contributed by atoms with Crippen molar-refractivity contribution >= 4 is 23.9 Å². The minimum absolute atomic E-state index is 0.0407. The van der Waals surface area contributed by atoms with E-state index in [0.29, 0.717) is 29.0 Å². The van der Waals surface area contributed by atoms with Gasteiger partial charge in [0, 0.05) is 18.0 Å². The number of terminal acetylenes is 1. The fourth-order valence-electron chi connectivity index (χ4n) is 4.62. The smallest absolute Gasteiger partial charge is 0.408 e. The maximum absolute atomic E-state index is 14.7. The van der Waals surface area contributed by atoms with E-state index in [2.05, 4.69) is 30.4 Å². The Balaban J connectivity index is 2.71. The van der Waals surface area contributed by atoms with Crippen LogP contribution >= 0.6 is 0 Å². The third kappa shape index (κ3) is 11.0. The van der Waals surface area contributed by atoms with Gasteiger partial charge in [0.05, 0.1) is 7.11 Å². The zero-order valence-corrected chi connectivity index (χ0v) is 26.7. The summed E-state index contributed by atoms with van der Waals surface area (Å²) in [4.78, 5) is 55.0. The highest BCUT2D eigenvalue weighted by Gasteiger charge is 2.40. The van der Waals surface area contributed by atoms with Gasteiger partial charge in [-0.2, -0.15) is 0 Å². The molecule has 0 aliphatic heterocycles. The number of nitrogens with one attached hydrogen (secondary N) is 2. The first-order valence-corrected chi connectivity index (χ1v) is 14.7. The SMILES string of the molecule is C#Cc1ccccc1C(C(=O)NCC(=O)OC)N(C(=O)C(Cc1ccc(O)cc1)NC(=O)OC(C)(C)C)C(C)CCC(C)C. The molecule has 0 aromatic heterocycles. The van der Waals surface area contributed by atoms with Crippen LogP contribution in [0.1, 0.15) is 77.1 Å². The van der Waals surface area contributed by atoms with Gasteiger partial charge >= 0.3 is 12.1 Å². The van der Waals surface area contributed by atoms with E-state index in [1.807, 2.05) is 6.92 Å². The summed E-state index contributed by atoms with van der Waals surface area (Å²) in [6, 6.07) is 10.1. The molecule has 10 nitrogen and oxygen atoms in total. The van der Waals surface area contributed by atoms with Crippen molar-refractivity contribution in [1.29, 1.82) is 0 Å². The molecule has 2 aromatic rings. The summed E-state index contributed by atoms with van der Waals surface area (Å²) in [5.41, 5.74) is 0.614. The number of methoxy groups -OCH3 is 1. The topological polar surface area (TPSA) is 134 Å². The Morgan fingerprint density at radius 2 is 1.64 bits per heavy atom. The van der Waals surface area contributed by atoms with Crippen LogP contribution in [0.2, 0.25) is 0 Å². The number of phenolic OH excluding ortho intramolecular Hbond substituents is 1. The number of benzene rings is 2. The van der Waals surface area contributed by atoms with Crippen LogP contribution in [0.4, 0.5) is 4.79 Å². The monoisotopic (exact) mass is 607 g/mol. The van der Waals surface area contributed by atoms with Gasteiger partial charge in [-0.15, -0.1) is 6.42 Å². The quantitative estimate of drug-likeness (QED) is 0.226. The van der Waals surface area contributed by atoms with Crippen LogP contribution < -0.4 is 10.6 Å². The highest BCUT2D eigenvalue weighted by atomic mass is 16.6. The largest absolute Gasteiger partial charge is 0.508 e. The summed E-state index contributed by atoms with van der Waals surface area (Å²) in [5, 5.41) is 15.1. The Hall–Kier alpha value is -4.52. The fraction of sp³-hybridized carbons (Fsp3) is 0.471. The average Bonchev–Trinajstić information content (AvgIpc) is 2.96. The Bertz CT molecular complexity index is 1330. The van der Waals surface area contributed by atoms with Gasteiger partial charge in [0.1, 0.15) is 30.0 Å². The molecular weight excluding hydrogens is 562 g/mol. The molecule has 0 radical (unpaired) electrons. The number of phenols is 1. The lowest BCUT2D eigenvalue weighted by molar-refractivity contribution is -0.146. The van der Waals surface area contributed by atoms with Gasteiger partial charge in [0.15, 0.2) is 0 Å². The van der Waals surface area contributed by atoms with E-state index in [9.17, 15) is 24.3 Å². The zero-order valence-electron chi connectivity index (χ0n) is 26.7. The Kier molecular flexibility index (Phi) is 13.3. The van der Waals surface area contributed by atoms with Gasteiger partial charge < -0.3 is 30.1 Å². The molecular formula is C34H45N3O7. The van der Waals surface area contributed by atoms with Crippen molar-refractivity contribution in [1.82, 2.24) is 15.5 Å². The van der Waals surface area contributed by atoms with Crippen LogP contribution in [0, 0.1) is 18.3 Å². The maximum Gasteiger partial charge on any atom is 0.408 e. The van der Waals surface area contributed by atoms with Crippen LogP contribution in [0.25, 0.3) is 0 Å². The van der Waals surface area contributed by atoms with Crippen LogP contribution in [0.15, 0.2) is 48.5 Å². The van der Waals surface area contributed by atoms with Gasteiger partial charge in [0.25, 0.3) is 0 Å². The number of nitrogens with zero attached hydrogens (tertiary/aromatic N) is 1. The van der Waals surface area contributed by atoms with Crippen LogP contribution in [-0.2, 0) is 30.3 Å². The predicted molar refractivity (Wildman–Crippen MR) is 167 cm³/mol. The molecule has 2 aromatic carbocycles. The number of hydrogen-bond acceptors (Lipinski definition) is 7. The molecule has 0 aliphatic carbocycles. The maximum atomic E-state index is 14.7. The molecule has 3 amide bonds. The Morgan fingerprint density at radius 3 is 2.20 bits per heavy atom. The zero-order chi connectivity index (χ0) is 33.0. The van der Waals surface area contributed by atoms with Gasteiger partial charge in [-0.25, -0.2) is 4.79 Å². The van der Waals surface area contributed by atoms with Gasteiger partial charge in [-0.05, 0) is 75.8 Å². The van der Waals surface area contributed by atoms with E-state index in [-0.39, 0.29) is 12.2 Å². The number of carbonyl (C=O) groups is 4. The highest BCUT2D eigenvalue weighted by molar-refractivity contribution is 5.94. The first-order chi connectivity index (χ1) is 20.7. The molecule has 0 bridgehead atoms. The second-order valence-corrected chi connectivity index (χ2v) is 12.1. The summed E-state index contributed by atoms with van der Waals surface area (Å²) < 4.78 is 10.2. The second kappa shape index (κ2) is 16.4. The predicted octanol–water partition coefficient (Wildman–Crippen LogP) is 4.49. The summed E-state index contributed by atoms with van der Waals surface area (Å²) in [5.74, 6) is 1.11. The van der Waals surface area contributed by atoms with Crippen molar-refractivity contribution < 1.29 is 33.8 Å². The minimum Gasteiger partial charge on any atom is -0.508 e. The lowest BCUT2D eigenvalue weighted by Gasteiger charge is -2.39. The van der Waals surface area contributed by atoms with Gasteiger partial charge in [-0.1, -0.05) is 50.1 Å². The third-order valence-corrected chi connectivity index (χ3v) is 6.83. The van der Waals surface area contributed by atoms with Gasteiger partial charge in [-0.3, -0.25) is 14.4 Å². The van der Waals surface area contributed by atoms with E-state index in [1.54, 1.807) is 57.2 Å². The molecule has 10 heteroatoms. The lowest BCUT2D eigenvalue weighted by atomic mass is 9.93. The molecule has 3 unspecified atom stereocenters. The van der Waals surface area contributed by atoms with Crippen molar-refractivity contribution in [3.63, 3.8) is 0 Å². The summed E-state index contributed by atoms with van der Waals surface area (Å²) in [6.45, 7) is 10.7. The number of amides is 3. The van der Waals surface area contributed by atoms with Crippen LogP contribution in [0.5, 0.6) is 5.75 Å². The molecule has 238 valence electrons. The van der Waals surface area contributed by atoms with E-state index < -0.39 is 54.1 Å². The van der Waals surface area contributed by atoms with Crippen molar-refractivity contribution in [2.75, 3.05) is 13.7 Å². The van der Waals surface area contributed by atoms with Crippen LogP contribution in [-0.4, -0.2) is 65.2 Å². The van der Waals surface area contributed by atoms with Crippen molar-refractivity contribution in [3.8, 4) is 18.1 Å². The number of alkyl carbamates (subject to hydrolysis) is 1. The summed E-state index contributed by atoms with van der Waals surface area (Å²) in [6.07, 6.45) is 6.36. The second-order valence-electron chi connectivity index (χ2n) is 12.1. The third-order valence-electron chi connectivity index (χ3n) is 6.83. The fourth-order valence-corrected chi connectivity index (χ4v) is 4.62. The first kappa shape index (κ1) is 35.7. The molecule has 0 spiro atoms. The molecule has 0 fully saturated rings. The molecule has 0 heterocycles. The normalized spacial score (nSPS) is 13.2. The average molecular weight is 608 g/mol. The number of esters is 1. The number of ether oxygens (including phenoxy) is 2. The number of aromatic hydroxyl groups is 1. The standard InChI is InChI=1S/C34H45N3O7/c1-9-25-12-10-11-13-27(25)30(31(40)35-21-29(39)43-8)37(23(4)15-14-22(2)3)32(41)28(36-33(42)44-34(5,6)7)20-24-16-18-26(38)19-17-24/h1,10-13,16-19,22-23,28,30,38H,14-15,20-21H2,2-8H3,(H,35,40)(H,36,42). The van der Waals surface area contributed by atoms with Crippen LogP contribution in [0.3, 0.4) is 0 Å². The number of rotatable bonds is 13. The molecule has 2 rings (SSSR count). The molecule has 0 saturated carbocycles. The molecule has 0 aliphatic rings. The minimum atomic E-state index is -1.25. The number of carbonyl (C=O) groups excluding carboxylic acids is 4. The highest BCUT2D eigenvalue weighted by Crippen LogP contribution is 2.30. The Morgan fingerprint density at radius 1 is 1.00 bits per heavy atom. The van der Waals surface area contributed by atoms with E-state index in [4.69, 9.17) is 15.9 Å². The summed E-state index contributed by atoms with van der Waals surface area (Å²) >= 11 is 0. The van der Waals surface area contributed by atoms with E-state index in [1.165, 1.54) is 24.1 Å².